The van der Waals surface area contributed by atoms with Gasteiger partial charge in [-0.3, -0.25) is 0 Å². The fraction of sp³-hybridized carbons (Fsp3) is 0.652. The van der Waals surface area contributed by atoms with Crippen LogP contribution < -0.4 is 4.72 Å². The van der Waals surface area contributed by atoms with Crippen molar-refractivity contribution in [2.75, 3.05) is 0 Å². The number of nitrogens with one attached hydrogen (secondary N) is 1. The molecule has 0 unspecified atom stereocenters. The third kappa shape index (κ3) is 7.94. The molecule has 0 saturated carbocycles. The van der Waals surface area contributed by atoms with Gasteiger partial charge in [-0.15, -0.1) is 6.58 Å². The van der Waals surface area contributed by atoms with Crippen LogP contribution in [0.5, 0.6) is 0 Å². The van der Waals surface area contributed by atoms with E-state index in [9.17, 15) is 4.21 Å². The van der Waals surface area contributed by atoms with E-state index in [1.807, 2.05) is 26.8 Å². The zero-order valence-corrected chi connectivity index (χ0v) is 21.0. The van der Waals surface area contributed by atoms with Gasteiger partial charge in [0.25, 0.3) is 0 Å². The monoisotopic (exact) mass is 423 g/mol. The number of hydrogen-bond donors (Lipinski definition) is 1. The molecular weight excluding hydrogens is 382 g/mol. The zero-order valence-electron chi connectivity index (χ0n) is 19.2. The fourth-order valence-electron chi connectivity index (χ4n) is 2.45. The average molecular weight is 424 g/mol. The Morgan fingerprint density at radius 3 is 2.39 bits per heavy atom. The molecule has 0 spiro atoms. The molecule has 0 radical (unpaired) electrons. The van der Waals surface area contributed by atoms with Crippen molar-refractivity contribution >= 4 is 19.3 Å². The second-order valence-corrected chi connectivity index (χ2v) is 16.9. The minimum atomic E-state index is -1.78. The van der Waals surface area contributed by atoms with Gasteiger partial charge in [-0.2, -0.15) is 0 Å². The van der Waals surface area contributed by atoms with E-state index in [0.29, 0.717) is 6.61 Å². The normalized spacial score (nSPS) is 15.3. The van der Waals surface area contributed by atoms with E-state index >= 15 is 0 Å². The highest BCUT2D eigenvalue weighted by Gasteiger charge is 2.37. The van der Waals surface area contributed by atoms with E-state index < -0.39 is 19.3 Å². The third-order valence-corrected chi connectivity index (χ3v) is 11.6. The van der Waals surface area contributed by atoms with Crippen molar-refractivity contribution in [3.8, 4) is 0 Å². The van der Waals surface area contributed by atoms with E-state index in [4.69, 9.17) is 4.43 Å². The summed E-state index contributed by atoms with van der Waals surface area (Å²) in [7, 11) is -2.89. The first-order valence-corrected chi connectivity index (χ1v) is 14.4. The zero-order chi connectivity index (χ0) is 21.6. The van der Waals surface area contributed by atoms with E-state index in [1.165, 1.54) is 11.1 Å². The summed E-state index contributed by atoms with van der Waals surface area (Å²) in [4.78, 5) is 0. The average Bonchev–Trinajstić information content (AvgIpc) is 2.57. The standard InChI is InChI=1S/C23H41NO2SSi/c1-10-11-12-16-21(24-27(25)22(2,3)4)20-15-13-14-19(17-20)18-26-28(8,9)23(5,6)7/h10,13-15,17,21,24H,1,11-12,16,18H2,2-9H3/t21-,27-/m0/s1. The van der Waals surface area contributed by atoms with Crippen molar-refractivity contribution in [3.05, 3.63) is 48.0 Å². The van der Waals surface area contributed by atoms with Gasteiger partial charge in [0.1, 0.15) is 0 Å². The first-order valence-electron chi connectivity index (χ1n) is 10.3. The van der Waals surface area contributed by atoms with Crippen molar-refractivity contribution in [1.29, 1.82) is 0 Å². The molecule has 1 aromatic carbocycles. The highest BCUT2D eigenvalue weighted by molar-refractivity contribution is 7.84. The maximum Gasteiger partial charge on any atom is 0.192 e. The third-order valence-electron chi connectivity index (χ3n) is 5.47. The van der Waals surface area contributed by atoms with Gasteiger partial charge in [-0.05, 0) is 69.3 Å². The van der Waals surface area contributed by atoms with Crippen molar-refractivity contribution in [2.45, 2.75) is 96.3 Å². The first-order chi connectivity index (χ1) is 12.8. The van der Waals surface area contributed by atoms with Crippen LogP contribution in [0.3, 0.4) is 0 Å². The lowest BCUT2D eigenvalue weighted by molar-refractivity contribution is 0.276. The minimum Gasteiger partial charge on any atom is -0.413 e. The number of allylic oxidation sites excluding steroid dienone is 1. The lowest BCUT2D eigenvalue weighted by Gasteiger charge is -2.36. The molecule has 1 aromatic rings. The molecule has 0 bridgehead atoms. The number of hydrogen-bond acceptors (Lipinski definition) is 2. The summed E-state index contributed by atoms with van der Waals surface area (Å²) in [6, 6.07) is 8.60. The molecule has 28 heavy (non-hydrogen) atoms. The molecule has 1 rings (SSSR count). The molecule has 0 fully saturated rings. The maximum atomic E-state index is 12.7. The molecule has 0 heterocycles. The predicted molar refractivity (Wildman–Crippen MR) is 126 cm³/mol. The van der Waals surface area contributed by atoms with Crippen LogP contribution in [0.4, 0.5) is 0 Å². The highest BCUT2D eigenvalue weighted by Crippen LogP contribution is 2.37. The van der Waals surface area contributed by atoms with Crippen LogP contribution in [0.15, 0.2) is 36.9 Å². The largest absolute Gasteiger partial charge is 0.413 e. The number of benzene rings is 1. The summed E-state index contributed by atoms with van der Waals surface area (Å²) >= 11 is 0. The molecule has 0 aliphatic heterocycles. The van der Waals surface area contributed by atoms with Gasteiger partial charge >= 0.3 is 0 Å². The molecule has 0 amide bonds. The molecule has 3 nitrogen and oxygen atoms in total. The quantitative estimate of drug-likeness (QED) is 0.260. The van der Waals surface area contributed by atoms with E-state index in [1.54, 1.807) is 0 Å². The Kier molecular flexibility index (Phi) is 9.33. The molecular formula is C23H41NO2SSi. The minimum absolute atomic E-state index is 0.0628. The van der Waals surface area contributed by atoms with Crippen molar-refractivity contribution in [3.63, 3.8) is 0 Å². The topological polar surface area (TPSA) is 38.3 Å². The molecule has 1 N–H and O–H groups in total. The summed E-state index contributed by atoms with van der Waals surface area (Å²) in [6.07, 6.45) is 4.86. The predicted octanol–water partition coefficient (Wildman–Crippen LogP) is 6.66. The summed E-state index contributed by atoms with van der Waals surface area (Å²) in [5.74, 6) is 0. The summed E-state index contributed by atoms with van der Waals surface area (Å²) in [5.41, 5.74) is 2.36. The molecule has 0 aromatic heterocycles. The second-order valence-electron chi connectivity index (χ2n) is 10.1. The van der Waals surface area contributed by atoms with Crippen LogP contribution in [-0.4, -0.2) is 17.3 Å². The Morgan fingerprint density at radius 2 is 1.86 bits per heavy atom. The Balaban J connectivity index is 2.97. The van der Waals surface area contributed by atoms with Crippen LogP contribution in [0.25, 0.3) is 0 Å². The van der Waals surface area contributed by atoms with Crippen molar-refractivity contribution < 1.29 is 8.63 Å². The molecule has 0 saturated heterocycles. The smallest absolute Gasteiger partial charge is 0.192 e. The summed E-state index contributed by atoms with van der Waals surface area (Å²) < 4.78 is 22.2. The Hall–Kier alpha value is -0.753. The Morgan fingerprint density at radius 1 is 1.21 bits per heavy atom. The molecule has 0 aliphatic rings. The number of unbranched alkanes of at least 4 members (excludes halogenated alkanes) is 1. The van der Waals surface area contributed by atoms with E-state index in [0.717, 1.165) is 19.3 Å². The number of rotatable bonds is 10. The van der Waals surface area contributed by atoms with E-state index in [-0.39, 0.29) is 15.8 Å². The van der Waals surface area contributed by atoms with Gasteiger partial charge in [0.2, 0.25) is 0 Å². The van der Waals surface area contributed by atoms with Crippen LogP contribution in [0, 0.1) is 0 Å². The van der Waals surface area contributed by atoms with Gasteiger partial charge in [0, 0.05) is 6.04 Å². The lowest BCUT2D eigenvalue weighted by Crippen LogP contribution is -2.40. The van der Waals surface area contributed by atoms with Gasteiger partial charge in [0.05, 0.1) is 22.3 Å². The van der Waals surface area contributed by atoms with Gasteiger partial charge in [-0.25, -0.2) is 8.93 Å². The fourth-order valence-corrected chi connectivity index (χ4v) is 4.27. The maximum absolute atomic E-state index is 12.7. The summed E-state index contributed by atoms with van der Waals surface area (Å²) in [6.45, 7) is 21.8. The molecule has 5 heteroatoms. The van der Waals surface area contributed by atoms with Crippen LogP contribution in [0.2, 0.25) is 18.1 Å². The molecule has 0 aliphatic carbocycles. The van der Waals surface area contributed by atoms with E-state index in [2.05, 4.69) is 69.4 Å². The highest BCUT2D eigenvalue weighted by atomic mass is 32.2. The first kappa shape index (κ1) is 25.3. The van der Waals surface area contributed by atoms with Crippen molar-refractivity contribution in [2.24, 2.45) is 0 Å². The lowest BCUT2D eigenvalue weighted by atomic mass is 10.00. The SMILES string of the molecule is C=CCCC[C@H](N[S@@](=O)C(C)(C)C)c1cccc(CO[Si](C)(C)C(C)(C)C)c1. The molecule has 2 atom stereocenters. The van der Waals surface area contributed by atoms with Gasteiger partial charge < -0.3 is 4.43 Å². The van der Waals surface area contributed by atoms with Crippen LogP contribution >= 0.6 is 0 Å². The van der Waals surface area contributed by atoms with Crippen molar-refractivity contribution in [1.82, 2.24) is 4.72 Å². The van der Waals surface area contributed by atoms with Crippen LogP contribution in [-0.2, 0) is 22.0 Å². The Bertz CT molecular complexity index is 659. The second kappa shape index (κ2) is 10.3. The molecule has 160 valence electrons. The Labute approximate surface area is 177 Å². The van der Waals surface area contributed by atoms with Gasteiger partial charge in [0.15, 0.2) is 8.32 Å². The summed E-state index contributed by atoms with van der Waals surface area (Å²) in [5, 5.41) is 0.197. The van der Waals surface area contributed by atoms with Crippen LogP contribution in [0.1, 0.15) is 78.0 Å². The van der Waals surface area contributed by atoms with Gasteiger partial charge in [-0.1, -0.05) is 51.1 Å².